The van der Waals surface area contributed by atoms with E-state index >= 15 is 0 Å². The van der Waals surface area contributed by atoms with Crippen molar-refractivity contribution in [1.29, 1.82) is 0 Å². The van der Waals surface area contributed by atoms with E-state index in [1.165, 1.54) is 18.4 Å². The van der Waals surface area contributed by atoms with Gasteiger partial charge < -0.3 is 24.8 Å². The maximum Gasteiger partial charge on any atom is 0.319 e. The number of halogens is 1. The normalized spacial score (nSPS) is 20.9. The van der Waals surface area contributed by atoms with Crippen molar-refractivity contribution in [3.8, 4) is 17.2 Å². The molecular weight excluding hydrogens is 466 g/mol. The summed E-state index contributed by atoms with van der Waals surface area (Å²) in [6.45, 7) is 2.16. The molecule has 2 aliphatic rings. The molecule has 0 radical (unpaired) electrons. The molecule has 35 heavy (non-hydrogen) atoms. The first kappa shape index (κ1) is 25.5. The second-order valence-corrected chi connectivity index (χ2v) is 9.86. The summed E-state index contributed by atoms with van der Waals surface area (Å²) in [6, 6.07) is 12.0. The van der Waals surface area contributed by atoms with Gasteiger partial charge in [-0.15, -0.1) is 0 Å². The Labute approximate surface area is 213 Å². The second-order valence-electron chi connectivity index (χ2n) is 9.43. The van der Waals surface area contributed by atoms with Gasteiger partial charge in [-0.1, -0.05) is 23.7 Å². The predicted octanol–water partition coefficient (Wildman–Crippen LogP) is 5.36. The SMILES string of the molecule is COc1cc(NC(=O)NC2CCCC2N2CCC(Cc3ccc(Cl)cc3)CC2)cc(OC)c1OC. The molecule has 2 aromatic carbocycles. The lowest BCUT2D eigenvalue weighted by molar-refractivity contribution is 0.119. The van der Waals surface area contributed by atoms with Crippen LogP contribution in [0.1, 0.15) is 37.7 Å². The van der Waals surface area contributed by atoms with Gasteiger partial charge in [-0.05, 0) is 75.2 Å². The molecule has 2 fully saturated rings. The Bertz CT molecular complexity index is 967. The largest absolute Gasteiger partial charge is 0.493 e. The van der Waals surface area contributed by atoms with Crippen molar-refractivity contribution >= 4 is 23.3 Å². The van der Waals surface area contributed by atoms with Gasteiger partial charge >= 0.3 is 6.03 Å². The summed E-state index contributed by atoms with van der Waals surface area (Å²) in [7, 11) is 4.67. The highest BCUT2D eigenvalue weighted by Gasteiger charge is 2.35. The van der Waals surface area contributed by atoms with Gasteiger partial charge in [-0.25, -0.2) is 4.79 Å². The average Bonchev–Trinajstić information content (AvgIpc) is 3.33. The number of amides is 2. The standard InChI is InChI=1S/C27H36ClN3O4/c1-33-24-16-21(17-25(34-2)26(24)35-3)29-27(32)30-22-5-4-6-23(22)31-13-11-19(12-14-31)15-18-7-9-20(28)10-8-18/h7-10,16-17,19,22-23H,4-6,11-15H2,1-3H3,(H2,29,30,32). The summed E-state index contributed by atoms with van der Waals surface area (Å²) in [5, 5.41) is 6.94. The Morgan fingerprint density at radius 2 is 1.63 bits per heavy atom. The van der Waals surface area contributed by atoms with Crippen LogP contribution in [0.4, 0.5) is 10.5 Å². The Morgan fingerprint density at radius 3 is 2.23 bits per heavy atom. The maximum atomic E-state index is 12.9. The zero-order chi connectivity index (χ0) is 24.8. The zero-order valence-corrected chi connectivity index (χ0v) is 21.6. The molecule has 7 nitrogen and oxygen atoms in total. The van der Waals surface area contributed by atoms with Crippen LogP contribution in [0.15, 0.2) is 36.4 Å². The van der Waals surface area contributed by atoms with Crippen molar-refractivity contribution in [3.05, 3.63) is 47.0 Å². The number of anilines is 1. The molecule has 2 N–H and O–H groups in total. The molecule has 1 saturated carbocycles. The lowest BCUT2D eigenvalue weighted by atomic mass is 9.89. The monoisotopic (exact) mass is 501 g/mol. The third kappa shape index (κ3) is 6.33. The predicted molar refractivity (Wildman–Crippen MR) is 139 cm³/mol. The average molecular weight is 502 g/mol. The lowest BCUT2D eigenvalue weighted by Gasteiger charge is -2.38. The number of likely N-dealkylation sites (tertiary alicyclic amines) is 1. The van der Waals surface area contributed by atoms with Crippen molar-refractivity contribution in [1.82, 2.24) is 10.2 Å². The van der Waals surface area contributed by atoms with E-state index in [9.17, 15) is 4.79 Å². The second kappa shape index (κ2) is 11.9. The van der Waals surface area contributed by atoms with Gasteiger partial charge in [0.2, 0.25) is 5.75 Å². The number of urea groups is 1. The van der Waals surface area contributed by atoms with Gasteiger partial charge in [0, 0.05) is 29.2 Å². The number of ether oxygens (including phenoxy) is 3. The van der Waals surface area contributed by atoms with Crippen LogP contribution in [-0.2, 0) is 6.42 Å². The van der Waals surface area contributed by atoms with E-state index < -0.39 is 0 Å². The van der Waals surface area contributed by atoms with E-state index in [1.807, 2.05) is 12.1 Å². The van der Waals surface area contributed by atoms with Gasteiger partial charge in [0.05, 0.1) is 27.0 Å². The molecular formula is C27H36ClN3O4. The van der Waals surface area contributed by atoms with Crippen molar-refractivity contribution in [2.45, 2.75) is 50.6 Å². The number of hydrogen-bond acceptors (Lipinski definition) is 5. The van der Waals surface area contributed by atoms with E-state index in [2.05, 4.69) is 27.7 Å². The summed E-state index contributed by atoms with van der Waals surface area (Å²) < 4.78 is 16.1. The van der Waals surface area contributed by atoms with Crippen LogP contribution in [0.5, 0.6) is 17.2 Å². The van der Waals surface area contributed by atoms with Crippen LogP contribution in [0.25, 0.3) is 0 Å². The van der Waals surface area contributed by atoms with E-state index in [0.29, 0.717) is 34.9 Å². The number of carbonyl (C=O) groups is 1. The van der Waals surface area contributed by atoms with Gasteiger partial charge in [0.25, 0.3) is 0 Å². The first-order valence-corrected chi connectivity index (χ1v) is 12.7. The number of methoxy groups -OCH3 is 3. The summed E-state index contributed by atoms with van der Waals surface area (Å²) in [5.74, 6) is 2.20. The van der Waals surface area contributed by atoms with Crippen LogP contribution in [0.3, 0.4) is 0 Å². The highest BCUT2D eigenvalue weighted by molar-refractivity contribution is 6.30. The summed E-state index contributed by atoms with van der Waals surface area (Å²) in [6.07, 6.45) is 6.72. The molecule has 2 atom stereocenters. The summed E-state index contributed by atoms with van der Waals surface area (Å²) in [5.41, 5.74) is 1.95. The molecule has 4 rings (SSSR count). The molecule has 8 heteroatoms. The quantitative estimate of drug-likeness (QED) is 0.509. The Kier molecular flexibility index (Phi) is 8.63. The van der Waals surface area contributed by atoms with E-state index in [-0.39, 0.29) is 12.1 Å². The minimum absolute atomic E-state index is 0.143. The highest BCUT2D eigenvalue weighted by atomic mass is 35.5. The molecule has 0 spiro atoms. The Balaban J connectivity index is 1.31. The minimum Gasteiger partial charge on any atom is -0.493 e. The first-order valence-electron chi connectivity index (χ1n) is 12.4. The van der Waals surface area contributed by atoms with E-state index in [1.54, 1.807) is 33.5 Å². The van der Waals surface area contributed by atoms with Gasteiger partial charge in [0.1, 0.15) is 0 Å². The van der Waals surface area contributed by atoms with Crippen molar-refractivity contribution < 1.29 is 19.0 Å². The maximum absolute atomic E-state index is 12.9. The molecule has 1 aliphatic carbocycles. The number of benzene rings is 2. The Hall–Kier alpha value is -2.64. The molecule has 190 valence electrons. The zero-order valence-electron chi connectivity index (χ0n) is 20.8. The summed E-state index contributed by atoms with van der Waals surface area (Å²) in [4.78, 5) is 15.4. The molecule has 2 unspecified atom stereocenters. The number of hydrogen-bond donors (Lipinski definition) is 2. The third-order valence-corrected chi connectivity index (χ3v) is 7.53. The summed E-state index contributed by atoms with van der Waals surface area (Å²) >= 11 is 6.02. The van der Waals surface area contributed by atoms with E-state index in [4.69, 9.17) is 25.8 Å². The molecule has 0 aromatic heterocycles. The van der Waals surface area contributed by atoms with Crippen molar-refractivity contribution in [3.63, 3.8) is 0 Å². The smallest absolute Gasteiger partial charge is 0.319 e. The number of nitrogens with one attached hydrogen (secondary N) is 2. The van der Waals surface area contributed by atoms with E-state index in [0.717, 1.165) is 43.8 Å². The number of rotatable bonds is 8. The number of carbonyl (C=O) groups excluding carboxylic acids is 1. The molecule has 0 bridgehead atoms. The molecule has 1 heterocycles. The molecule has 2 aromatic rings. The number of nitrogens with zero attached hydrogens (tertiary/aromatic N) is 1. The van der Waals surface area contributed by atoms with Crippen molar-refractivity contribution in [2.24, 2.45) is 5.92 Å². The van der Waals surface area contributed by atoms with Gasteiger partial charge in [-0.3, -0.25) is 4.90 Å². The fraction of sp³-hybridized carbons (Fsp3) is 0.519. The van der Waals surface area contributed by atoms with Crippen LogP contribution in [0, 0.1) is 5.92 Å². The molecule has 1 saturated heterocycles. The first-order chi connectivity index (χ1) is 17.0. The minimum atomic E-state index is -0.214. The van der Waals surface area contributed by atoms with Crippen LogP contribution >= 0.6 is 11.6 Å². The van der Waals surface area contributed by atoms with Crippen molar-refractivity contribution in [2.75, 3.05) is 39.7 Å². The molecule has 1 aliphatic heterocycles. The van der Waals surface area contributed by atoms with Crippen LogP contribution < -0.4 is 24.8 Å². The Morgan fingerprint density at radius 1 is 0.971 bits per heavy atom. The van der Waals surface area contributed by atoms with Gasteiger partial charge in [-0.2, -0.15) is 0 Å². The highest BCUT2D eigenvalue weighted by Crippen LogP contribution is 2.40. The topological polar surface area (TPSA) is 72.1 Å². The lowest BCUT2D eigenvalue weighted by Crippen LogP contribution is -2.52. The third-order valence-electron chi connectivity index (χ3n) is 7.27. The molecule has 2 amide bonds. The number of piperidine rings is 1. The fourth-order valence-corrected chi connectivity index (χ4v) is 5.60. The fourth-order valence-electron chi connectivity index (χ4n) is 5.48. The van der Waals surface area contributed by atoms with Crippen LogP contribution in [-0.4, -0.2) is 57.4 Å². The van der Waals surface area contributed by atoms with Gasteiger partial charge in [0.15, 0.2) is 11.5 Å². The van der Waals surface area contributed by atoms with Crippen LogP contribution in [0.2, 0.25) is 5.02 Å².